The highest BCUT2D eigenvalue weighted by atomic mass is 35.5. The van der Waals surface area contributed by atoms with Gasteiger partial charge in [0.25, 0.3) is 5.91 Å². The quantitative estimate of drug-likeness (QED) is 0.809. The lowest BCUT2D eigenvalue weighted by Gasteiger charge is -1.96. The van der Waals surface area contributed by atoms with Crippen molar-refractivity contribution >= 4 is 34.4 Å². The molecule has 5 nitrogen and oxygen atoms in total. The molecule has 0 aliphatic rings. The van der Waals surface area contributed by atoms with Gasteiger partial charge < -0.3 is 5.32 Å². The Kier molecular flexibility index (Phi) is 3.42. The van der Waals surface area contributed by atoms with Crippen molar-refractivity contribution in [1.29, 1.82) is 0 Å². The lowest BCUT2D eigenvalue weighted by atomic mass is 10.2. The Morgan fingerprint density at radius 1 is 1.50 bits per heavy atom. The molecular formula is C13H11ClN4OS. The number of pyridine rings is 1. The molecule has 1 N–H and O–H groups in total. The predicted molar refractivity (Wildman–Crippen MR) is 79.3 cm³/mol. The molecule has 102 valence electrons. The Bertz CT molecular complexity index is 780. The van der Waals surface area contributed by atoms with Crippen molar-refractivity contribution < 1.29 is 4.79 Å². The van der Waals surface area contributed by atoms with Crippen LogP contribution in [0.15, 0.2) is 30.6 Å². The van der Waals surface area contributed by atoms with Crippen molar-refractivity contribution in [3.63, 3.8) is 0 Å². The number of nitrogens with one attached hydrogen (secondary N) is 1. The highest BCUT2D eigenvalue weighted by molar-refractivity contribution is 7.18. The van der Waals surface area contributed by atoms with Gasteiger partial charge in [0, 0.05) is 18.3 Å². The van der Waals surface area contributed by atoms with Gasteiger partial charge in [-0.05, 0) is 19.1 Å². The molecule has 0 aliphatic heterocycles. The fourth-order valence-corrected chi connectivity index (χ4v) is 3.01. The fraction of sp³-hybridized carbons (Fsp3) is 0.154. The van der Waals surface area contributed by atoms with Gasteiger partial charge in [-0.25, -0.2) is 9.50 Å². The predicted octanol–water partition coefficient (Wildman–Crippen LogP) is 2.86. The zero-order chi connectivity index (χ0) is 14.1. The molecule has 20 heavy (non-hydrogen) atoms. The van der Waals surface area contributed by atoms with E-state index in [1.54, 1.807) is 10.7 Å². The summed E-state index contributed by atoms with van der Waals surface area (Å²) in [4.78, 5) is 16.1. The van der Waals surface area contributed by atoms with Gasteiger partial charge in [0.15, 0.2) is 5.01 Å². The molecule has 0 spiro atoms. The molecule has 0 aromatic carbocycles. The van der Waals surface area contributed by atoms with Gasteiger partial charge in [-0.3, -0.25) is 4.79 Å². The van der Waals surface area contributed by atoms with E-state index >= 15 is 0 Å². The number of carbonyl (C=O) groups excluding carboxylic acids is 1. The number of hydrogen-bond acceptors (Lipinski definition) is 4. The monoisotopic (exact) mass is 306 g/mol. The Morgan fingerprint density at radius 2 is 2.35 bits per heavy atom. The average molecular weight is 307 g/mol. The van der Waals surface area contributed by atoms with Crippen LogP contribution in [0.25, 0.3) is 16.8 Å². The van der Waals surface area contributed by atoms with E-state index in [2.05, 4.69) is 15.4 Å². The van der Waals surface area contributed by atoms with Gasteiger partial charge in [-0.1, -0.05) is 29.0 Å². The molecule has 1 amide bonds. The first-order valence-corrected chi connectivity index (χ1v) is 7.27. The van der Waals surface area contributed by atoms with Crippen molar-refractivity contribution in [1.82, 2.24) is 19.9 Å². The van der Waals surface area contributed by atoms with Crippen LogP contribution in [-0.4, -0.2) is 27.0 Å². The third kappa shape index (κ3) is 2.17. The largest absolute Gasteiger partial charge is 0.350 e. The van der Waals surface area contributed by atoms with E-state index in [1.807, 2.05) is 31.3 Å². The molecule has 3 rings (SSSR count). The van der Waals surface area contributed by atoms with E-state index in [-0.39, 0.29) is 5.91 Å². The van der Waals surface area contributed by atoms with Crippen molar-refractivity contribution in [3.05, 3.63) is 39.9 Å². The summed E-state index contributed by atoms with van der Waals surface area (Å²) >= 11 is 7.39. The van der Waals surface area contributed by atoms with E-state index in [4.69, 9.17) is 11.6 Å². The summed E-state index contributed by atoms with van der Waals surface area (Å²) in [5, 5.41) is 7.33. The molecule has 0 radical (unpaired) electrons. The minimum absolute atomic E-state index is 0.206. The molecule has 0 aliphatic carbocycles. The number of carbonyl (C=O) groups is 1. The molecular weight excluding hydrogens is 296 g/mol. The van der Waals surface area contributed by atoms with Crippen molar-refractivity contribution in [3.8, 4) is 11.3 Å². The van der Waals surface area contributed by atoms with Gasteiger partial charge in [0.1, 0.15) is 10.0 Å². The third-order valence-electron chi connectivity index (χ3n) is 2.80. The third-order valence-corrected chi connectivity index (χ3v) is 4.05. The molecule has 3 heterocycles. The van der Waals surface area contributed by atoms with E-state index in [9.17, 15) is 4.79 Å². The van der Waals surface area contributed by atoms with Gasteiger partial charge in [-0.2, -0.15) is 5.10 Å². The molecule has 0 bridgehead atoms. The van der Waals surface area contributed by atoms with Crippen LogP contribution in [0.4, 0.5) is 0 Å². The minimum Gasteiger partial charge on any atom is -0.350 e. The van der Waals surface area contributed by atoms with Crippen molar-refractivity contribution in [2.75, 3.05) is 6.54 Å². The molecule has 3 aromatic rings. The van der Waals surface area contributed by atoms with Crippen LogP contribution >= 0.6 is 22.9 Å². The standard InChI is InChI=1S/C13H11ClN4OS/c1-2-15-12(19)13-17-10(11(14)20-13)8-7-16-18-6-4-3-5-9(8)18/h3-7H,2H2,1H3,(H,15,19). The normalized spacial score (nSPS) is 10.9. The second-order valence-corrected chi connectivity index (χ2v) is 5.69. The van der Waals surface area contributed by atoms with E-state index < -0.39 is 0 Å². The average Bonchev–Trinajstić information content (AvgIpc) is 3.02. The summed E-state index contributed by atoms with van der Waals surface area (Å²) < 4.78 is 2.24. The highest BCUT2D eigenvalue weighted by Crippen LogP contribution is 2.34. The topological polar surface area (TPSA) is 59.3 Å². The zero-order valence-electron chi connectivity index (χ0n) is 10.6. The maximum Gasteiger partial charge on any atom is 0.280 e. The molecule has 0 unspecified atom stereocenters. The van der Waals surface area contributed by atoms with Crippen molar-refractivity contribution in [2.45, 2.75) is 6.92 Å². The van der Waals surface area contributed by atoms with Gasteiger partial charge >= 0.3 is 0 Å². The van der Waals surface area contributed by atoms with E-state index in [0.717, 1.165) is 11.1 Å². The summed E-state index contributed by atoms with van der Waals surface area (Å²) in [7, 11) is 0. The number of nitrogens with zero attached hydrogens (tertiary/aromatic N) is 3. The SMILES string of the molecule is CCNC(=O)c1nc(-c2cnn3ccccc23)c(Cl)s1. The van der Waals surface area contributed by atoms with Gasteiger partial charge in [0.2, 0.25) is 0 Å². The first kappa shape index (κ1) is 13.1. The molecule has 3 aromatic heterocycles. The molecule has 0 saturated heterocycles. The number of hydrogen-bond donors (Lipinski definition) is 1. The summed E-state index contributed by atoms with van der Waals surface area (Å²) in [6.07, 6.45) is 3.56. The Hall–Kier alpha value is -1.92. The zero-order valence-corrected chi connectivity index (χ0v) is 12.2. The van der Waals surface area contributed by atoms with Crippen LogP contribution in [0.2, 0.25) is 4.34 Å². The van der Waals surface area contributed by atoms with Gasteiger partial charge in [-0.15, -0.1) is 0 Å². The number of rotatable bonds is 3. The van der Waals surface area contributed by atoms with Crippen LogP contribution in [0, 0.1) is 0 Å². The highest BCUT2D eigenvalue weighted by Gasteiger charge is 2.18. The van der Waals surface area contributed by atoms with Crippen molar-refractivity contribution in [2.24, 2.45) is 0 Å². The summed E-state index contributed by atoms with van der Waals surface area (Å²) in [6.45, 7) is 2.42. The number of aromatic nitrogens is 3. The van der Waals surface area contributed by atoms with Crippen LogP contribution in [0.3, 0.4) is 0 Å². The number of amides is 1. The van der Waals surface area contributed by atoms with Crippen LogP contribution < -0.4 is 5.32 Å². The maximum atomic E-state index is 11.8. The molecule has 0 atom stereocenters. The fourth-order valence-electron chi connectivity index (χ4n) is 1.92. The molecule has 0 fully saturated rings. The Labute approximate surface area is 124 Å². The first-order chi connectivity index (χ1) is 9.70. The second kappa shape index (κ2) is 5.22. The summed E-state index contributed by atoms with van der Waals surface area (Å²) in [6, 6.07) is 5.75. The Balaban J connectivity index is 2.08. The van der Waals surface area contributed by atoms with E-state index in [0.29, 0.717) is 21.6 Å². The minimum atomic E-state index is -0.206. The molecule has 0 saturated carbocycles. The van der Waals surface area contributed by atoms with Crippen LogP contribution in [0.5, 0.6) is 0 Å². The van der Waals surface area contributed by atoms with Crippen LogP contribution in [-0.2, 0) is 0 Å². The summed E-state index contributed by atoms with van der Waals surface area (Å²) in [5.41, 5.74) is 2.32. The summed E-state index contributed by atoms with van der Waals surface area (Å²) in [5.74, 6) is -0.206. The Morgan fingerprint density at radius 3 is 3.15 bits per heavy atom. The van der Waals surface area contributed by atoms with Crippen LogP contribution in [0.1, 0.15) is 16.7 Å². The van der Waals surface area contributed by atoms with E-state index in [1.165, 1.54) is 11.3 Å². The lowest BCUT2D eigenvalue weighted by Crippen LogP contribution is -2.22. The van der Waals surface area contributed by atoms with Gasteiger partial charge in [0.05, 0.1) is 11.7 Å². The second-order valence-electron chi connectivity index (χ2n) is 4.09. The smallest absolute Gasteiger partial charge is 0.280 e. The first-order valence-electron chi connectivity index (χ1n) is 6.08. The molecule has 7 heteroatoms. The maximum absolute atomic E-state index is 11.8. The number of thiazole rings is 1. The number of fused-ring (bicyclic) bond motifs is 1. The lowest BCUT2D eigenvalue weighted by molar-refractivity contribution is 0.0955. The number of halogens is 1.